The number of carbonyl (C=O) groups excluding carboxylic acids is 1. The summed E-state index contributed by atoms with van der Waals surface area (Å²) in [6.45, 7) is 13.7. The van der Waals surface area contributed by atoms with Gasteiger partial charge in [-0.1, -0.05) is 19.1 Å². The molecule has 0 bridgehead atoms. The van der Waals surface area contributed by atoms with Crippen molar-refractivity contribution in [2.75, 3.05) is 59.1 Å². The van der Waals surface area contributed by atoms with Gasteiger partial charge in [0.05, 0.1) is 25.7 Å². The van der Waals surface area contributed by atoms with Crippen LogP contribution in [0.1, 0.15) is 39.0 Å². The molecule has 0 aromatic carbocycles. The predicted octanol–water partition coefficient (Wildman–Crippen LogP) is 1.93. The monoisotopic (exact) mass is 406 g/mol. The Kier molecular flexibility index (Phi) is 6.64. The quantitative estimate of drug-likeness (QED) is 0.396. The van der Waals surface area contributed by atoms with Crippen molar-refractivity contribution in [3.8, 4) is 0 Å². The van der Waals surface area contributed by atoms with Crippen molar-refractivity contribution in [1.82, 2.24) is 9.80 Å². The van der Waals surface area contributed by atoms with Crippen molar-refractivity contribution in [1.29, 1.82) is 0 Å². The first-order valence-electron chi connectivity index (χ1n) is 11.5. The molecule has 29 heavy (non-hydrogen) atoms. The molecule has 6 nitrogen and oxygen atoms in total. The lowest BCUT2D eigenvalue weighted by Crippen LogP contribution is -2.50. The molecule has 0 aromatic rings. The molecule has 2 aliphatic heterocycles. The zero-order valence-electron chi connectivity index (χ0n) is 18.0. The Morgan fingerprint density at radius 1 is 1.24 bits per heavy atom. The third kappa shape index (κ3) is 4.55. The van der Waals surface area contributed by atoms with Gasteiger partial charge in [0.1, 0.15) is 6.10 Å². The molecule has 2 heterocycles. The van der Waals surface area contributed by atoms with E-state index in [0.717, 1.165) is 58.5 Å². The van der Waals surface area contributed by atoms with Crippen LogP contribution in [0.25, 0.3) is 0 Å². The largest absolute Gasteiger partial charge is 0.462 e. The summed E-state index contributed by atoms with van der Waals surface area (Å²) in [4.78, 5) is 17.6. The maximum absolute atomic E-state index is 12.8. The summed E-state index contributed by atoms with van der Waals surface area (Å²) in [7, 11) is 0. The number of ether oxygens (including phenoxy) is 2. The fourth-order valence-corrected chi connectivity index (χ4v) is 6.30. The topological polar surface area (TPSA) is 62.2 Å². The molecule has 1 N–H and O–H groups in total. The number of allylic oxidation sites excluding steroid dienone is 1. The van der Waals surface area contributed by atoms with Crippen LogP contribution in [0.2, 0.25) is 0 Å². The van der Waals surface area contributed by atoms with Crippen LogP contribution in [0.3, 0.4) is 0 Å². The normalized spacial score (nSPS) is 38.6. The lowest BCUT2D eigenvalue weighted by Gasteiger charge is -2.50. The highest BCUT2D eigenvalue weighted by molar-refractivity contribution is 5.75. The van der Waals surface area contributed by atoms with Gasteiger partial charge in [-0.3, -0.25) is 14.6 Å². The van der Waals surface area contributed by atoms with Gasteiger partial charge in [0.25, 0.3) is 0 Å². The number of aliphatic hydroxyl groups is 1. The van der Waals surface area contributed by atoms with Gasteiger partial charge in [0.15, 0.2) is 0 Å². The molecule has 2 saturated carbocycles. The van der Waals surface area contributed by atoms with Crippen LogP contribution < -0.4 is 0 Å². The van der Waals surface area contributed by atoms with Crippen molar-refractivity contribution in [3.63, 3.8) is 0 Å². The first kappa shape index (κ1) is 21.3. The zero-order chi connectivity index (χ0) is 20.4. The van der Waals surface area contributed by atoms with Crippen molar-refractivity contribution in [2.24, 2.45) is 23.2 Å². The van der Waals surface area contributed by atoms with Crippen LogP contribution in [0.5, 0.6) is 0 Å². The Morgan fingerprint density at radius 2 is 2.00 bits per heavy atom. The highest BCUT2D eigenvalue weighted by Crippen LogP contribution is 2.56. The van der Waals surface area contributed by atoms with Crippen molar-refractivity contribution in [2.45, 2.75) is 45.1 Å². The number of esters is 1. The van der Waals surface area contributed by atoms with Crippen LogP contribution in [-0.2, 0) is 14.3 Å². The lowest BCUT2D eigenvalue weighted by molar-refractivity contribution is -0.146. The molecule has 0 spiro atoms. The van der Waals surface area contributed by atoms with Gasteiger partial charge in [-0.05, 0) is 43.4 Å². The molecule has 0 amide bonds. The van der Waals surface area contributed by atoms with E-state index in [-0.39, 0.29) is 30.0 Å². The first-order valence-corrected chi connectivity index (χ1v) is 11.5. The van der Waals surface area contributed by atoms with E-state index in [1.165, 1.54) is 18.4 Å². The Balaban J connectivity index is 1.30. The third-order valence-electron chi connectivity index (χ3n) is 8.03. The fourth-order valence-electron chi connectivity index (χ4n) is 6.30. The van der Waals surface area contributed by atoms with Crippen LogP contribution in [0, 0.1) is 23.2 Å². The van der Waals surface area contributed by atoms with Gasteiger partial charge in [-0.2, -0.15) is 0 Å². The van der Waals surface area contributed by atoms with Gasteiger partial charge in [-0.25, -0.2) is 0 Å². The first-order chi connectivity index (χ1) is 14.0. The second-order valence-corrected chi connectivity index (χ2v) is 9.88. The van der Waals surface area contributed by atoms with Gasteiger partial charge < -0.3 is 14.6 Å². The third-order valence-corrected chi connectivity index (χ3v) is 8.03. The zero-order valence-corrected chi connectivity index (χ0v) is 18.0. The highest BCUT2D eigenvalue weighted by atomic mass is 16.6. The molecule has 5 atom stereocenters. The number of fused-ring (bicyclic) bond motifs is 2. The number of aliphatic hydroxyl groups excluding tert-OH is 1. The molecule has 0 radical (unpaired) electrons. The van der Waals surface area contributed by atoms with Crippen molar-refractivity contribution >= 4 is 5.97 Å². The SMILES string of the molecule is C=C1CCC[C@]2(C)C[C@@H]3OC(=O)[C@H](CN4CCN(CCOCCO)CC4)[C@@H]3C[C@@H]12. The number of carbonyl (C=O) groups is 1. The van der Waals surface area contributed by atoms with E-state index >= 15 is 0 Å². The second-order valence-electron chi connectivity index (χ2n) is 9.88. The number of hydrogen-bond donors (Lipinski definition) is 1. The summed E-state index contributed by atoms with van der Waals surface area (Å²) in [5.41, 5.74) is 1.68. The minimum atomic E-state index is 0.0266. The van der Waals surface area contributed by atoms with Gasteiger partial charge in [-0.15, -0.1) is 0 Å². The average molecular weight is 407 g/mol. The minimum Gasteiger partial charge on any atom is -0.462 e. The van der Waals surface area contributed by atoms with E-state index in [1.807, 2.05) is 0 Å². The number of hydrogen-bond acceptors (Lipinski definition) is 6. The Morgan fingerprint density at radius 3 is 2.76 bits per heavy atom. The van der Waals surface area contributed by atoms with Crippen LogP contribution >= 0.6 is 0 Å². The molecule has 2 aliphatic carbocycles. The van der Waals surface area contributed by atoms with Crippen LogP contribution in [-0.4, -0.2) is 86.1 Å². The highest BCUT2D eigenvalue weighted by Gasteiger charge is 2.55. The van der Waals surface area contributed by atoms with Crippen LogP contribution in [0.4, 0.5) is 0 Å². The Labute approximate surface area is 175 Å². The Hall–Kier alpha value is -0.950. The molecular formula is C23H38N2O4. The van der Waals surface area contributed by atoms with E-state index in [4.69, 9.17) is 14.6 Å². The van der Waals surface area contributed by atoms with E-state index < -0.39 is 0 Å². The lowest BCUT2D eigenvalue weighted by atomic mass is 9.55. The average Bonchev–Trinajstić information content (AvgIpc) is 2.99. The van der Waals surface area contributed by atoms with Gasteiger partial charge in [0, 0.05) is 45.2 Å². The molecule has 164 valence electrons. The van der Waals surface area contributed by atoms with Crippen molar-refractivity contribution in [3.05, 3.63) is 12.2 Å². The molecule has 6 heteroatoms. The number of piperazine rings is 1. The fraction of sp³-hybridized carbons (Fsp3) is 0.870. The van der Waals surface area contributed by atoms with Gasteiger partial charge in [0.2, 0.25) is 0 Å². The molecule has 4 fully saturated rings. The standard InChI is InChI=1S/C23H38N2O4/c1-17-4-3-5-23(2)15-21-18(14-20(17)23)19(22(27)29-21)16-25-8-6-24(7-9-25)10-12-28-13-11-26/h18-21,26H,1,3-16H2,2H3/t18-,19+,20-,21-,23+/m0/s1. The smallest absolute Gasteiger partial charge is 0.310 e. The maximum Gasteiger partial charge on any atom is 0.310 e. The summed E-state index contributed by atoms with van der Waals surface area (Å²) >= 11 is 0. The van der Waals surface area contributed by atoms with Crippen LogP contribution in [0.15, 0.2) is 12.2 Å². The molecule has 0 aromatic heterocycles. The number of nitrogens with zero attached hydrogens (tertiary/aromatic N) is 2. The molecule has 2 saturated heterocycles. The van der Waals surface area contributed by atoms with E-state index in [9.17, 15) is 4.79 Å². The summed E-state index contributed by atoms with van der Waals surface area (Å²) in [5.74, 6) is 0.983. The minimum absolute atomic E-state index is 0.0266. The number of rotatable bonds is 7. The Bertz CT molecular complexity index is 604. The molecule has 4 aliphatic rings. The van der Waals surface area contributed by atoms with Crippen molar-refractivity contribution < 1.29 is 19.4 Å². The summed E-state index contributed by atoms with van der Waals surface area (Å²) in [6, 6.07) is 0. The van der Waals surface area contributed by atoms with E-state index in [0.29, 0.717) is 25.0 Å². The summed E-state index contributed by atoms with van der Waals surface area (Å²) in [5, 5.41) is 8.78. The predicted molar refractivity (Wildman–Crippen MR) is 111 cm³/mol. The molecule has 0 unspecified atom stereocenters. The van der Waals surface area contributed by atoms with E-state index in [2.05, 4.69) is 23.3 Å². The maximum atomic E-state index is 12.8. The second kappa shape index (κ2) is 9.04. The van der Waals surface area contributed by atoms with Gasteiger partial charge >= 0.3 is 5.97 Å². The van der Waals surface area contributed by atoms with E-state index in [1.54, 1.807) is 0 Å². The molecule has 4 rings (SSSR count). The summed E-state index contributed by atoms with van der Waals surface area (Å²) < 4.78 is 11.3. The summed E-state index contributed by atoms with van der Waals surface area (Å²) in [6.07, 6.45) is 5.84. The molecular weight excluding hydrogens is 368 g/mol.